The van der Waals surface area contributed by atoms with Gasteiger partial charge in [0.05, 0.1) is 0 Å². The van der Waals surface area contributed by atoms with Gasteiger partial charge in [0.25, 0.3) is 0 Å². The number of nitrogens with two attached hydrogens (primary N) is 1. The zero-order valence-electron chi connectivity index (χ0n) is 11.1. The number of hydrogen-bond donors (Lipinski definition) is 1. The highest BCUT2D eigenvalue weighted by Gasteiger charge is 2.13. The van der Waals surface area contributed by atoms with Crippen molar-refractivity contribution in [1.29, 1.82) is 0 Å². The van der Waals surface area contributed by atoms with Gasteiger partial charge in [-0.05, 0) is 32.4 Å². The molecule has 4 nitrogen and oxygen atoms in total. The van der Waals surface area contributed by atoms with E-state index in [0.29, 0.717) is 17.2 Å². The molecule has 0 amide bonds. The number of benzene rings is 1. The minimum absolute atomic E-state index is 0.454. The Morgan fingerprint density at radius 3 is 2.63 bits per heavy atom. The Balaban J connectivity index is 2.26. The van der Waals surface area contributed by atoms with E-state index >= 15 is 0 Å². The Morgan fingerprint density at radius 2 is 1.84 bits per heavy atom. The summed E-state index contributed by atoms with van der Waals surface area (Å²) < 4.78 is 0. The number of fused-ring (bicyclic) bond motifs is 1. The molecule has 19 heavy (non-hydrogen) atoms. The molecule has 0 aliphatic rings. The molecule has 3 rings (SSSR count). The summed E-state index contributed by atoms with van der Waals surface area (Å²) in [6.45, 7) is 6.00. The Kier molecular flexibility index (Phi) is 2.71. The van der Waals surface area contributed by atoms with Crippen LogP contribution in [0.3, 0.4) is 0 Å². The van der Waals surface area contributed by atoms with Crippen molar-refractivity contribution in [2.75, 3.05) is 5.73 Å². The largest absolute Gasteiger partial charge is 0.382 e. The van der Waals surface area contributed by atoms with Crippen LogP contribution in [-0.4, -0.2) is 15.0 Å². The van der Waals surface area contributed by atoms with Crippen molar-refractivity contribution in [3.63, 3.8) is 0 Å². The lowest BCUT2D eigenvalue weighted by Gasteiger charge is -2.02. The summed E-state index contributed by atoms with van der Waals surface area (Å²) in [5.41, 5.74) is 10.2. The first-order valence-corrected chi connectivity index (χ1v) is 6.84. The van der Waals surface area contributed by atoms with E-state index in [-0.39, 0.29) is 0 Å². The maximum atomic E-state index is 5.91. The lowest BCUT2D eigenvalue weighted by atomic mass is 10.1. The smallest absolute Gasteiger partial charge is 0.154 e. The van der Waals surface area contributed by atoms with Crippen LogP contribution in [0.25, 0.3) is 20.9 Å². The highest BCUT2D eigenvalue weighted by molar-refractivity contribution is 7.21. The van der Waals surface area contributed by atoms with E-state index in [4.69, 9.17) is 5.73 Å². The second kappa shape index (κ2) is 4.28. The van der Waals surface area contributed by atoms with Gasteiger partial charge < -0.3 is 5.73 Å². The van der Waals surface area contributed by atoms with E-state index in [0.717, 1.165) is 15.4 Å². The van der Waals surface area contributed by atoms with Gasteiger partial charge in [-0.3, -0.25) is 0 Å². The van der Waals surface area contributed by atoms with Gasteiger partial charge in [0.2, 0.25) is 0 Å². The van der Waals surface area contributed by atoms with Crippen molar-refractivity contribution < 1.29 is 0 Å². The highest BCUT2D eigenvalue weighted by Crippen LogP contribution is 2.33. The predicted molar refractivity (Wildman–Crippen MR) is 79.3 cm³/mol. The normalized spacial score (nSPS) is 11.1. The molecule has 0 fully saturated rings. The molecular formula is C14H14N4S. The quantitative estimate of drug-likeness (QED) is 0.737. The third-order valence-electron chi connectivity index (χ3n) is 3.02. The molecule has 0 bridgehead atoms. The number of anilines is 1. The summed E-state index contributed by atoms with van der Waals surface area (Å²) in [6.07, 6.45) is 0. The first-order chi connectivity index (χ1) is 9.04. The summed E-state index contributed by atoms with van der Waals surface area (Å²) in [5, 5.41) is 0.947. The van der Waals surface area contributed by atoms with E-state index in [1.807, 2.05) is 6.92 Å². The molecule has 0 atom stereocenters. The van der Waals surface area contributed by atoms with Gasteiger partial charge in [0, 0.05) is 5.56 Å². The van der Waals surface area contributed by atoms with E-state index in [1.54, 1.807) is 11.3 Å². The second-order valence-electron chi connectivity index (χ2n) is 4.65. The number of aryl methyl sites for hydroxylation is 3. The number of nitrogen functional groups attached to an aromatic ring is 1. The molecule has 2 aromatic heterocycles. The van der Waals surface area contributed by atoms with Gasteiger partial charge >= 0.3 is 0 Å². The van der Waals surface area contributed by atoms with Gasteiger partial charge in [-0.15, -0.1) is 0 Å². The minimum Gasteiger partial charge on any atom is -0.382 e. The Bertz CT molecular complexity index is 776. The first-order valence-electron chi connectivity index (χ1n) is 6.03. The van der Waals surface area contributed by atoms with Crippen molar-refractivity contribution in [1.82, 2.24) is 15.0 Å². The first kappa shape index (κ1) is 12.0. The number of rotatable bonds is 1. The third-order valence-corrected chi connectivity index (χ3v) is 4.00. The standard InChI is InChI=1S/C14H14N4S/c1-7-4-5-8(2)10(6-7)13-18-11-12(15)16-9(3)17-14(11)19-13/h4-6H,1-3H3,(H2,15,16,17). The van der Waals surface area contributed by atoms with E-state index in [9.17, 15) is 0 Å². The Labute approximate surface area is 115 Å². The molecule has 1 aromatic carbocycles. The fraction of sp³-hybridized carbons (Fsp3) is 0.214. The zero-order chi connectivity index (χ0) is 13.6. The third kappa shape index (κ3) is 2.06. The summed E-state index contributed by atoms with van der Waals surface area (Å²) >= 11 is 1.56. The Hall–Kier alpha value is -2.01. The SMILES string of the molecule is Cc1ccc(C)c(-c2nc3c(N)nc(C)nc3s2)c1. The summed E-state index contributed by atoms with van der Waals surface area (Å²) in [5.74, 6) is 1.14. The number of aromatic nitrogens is 3. The summed E-state index contributed by atoms with van der Waals surface area (Å²) in [4.78, 5) is 14.0. The van der Waals surface area contributed by atoms with Crippen LogP contribution in [0, 0.1) is 20.8 Å². The van der Waals surface area contributed by atoms with Gasteiger partial charge in [-0.2, -0.15) is 0 Å². The zero-order valence-corrected chi connectivity index (χ0v) is 11.9. The molecule has 5 heteroatoms. The van der Waals surface area contributed by atoms with Crippen LogP contribution in [0.2, 0.25) is 0 Å². The van der Waals surface area contributed by atoms with Crippen LogP contribution in [0.15, 0.2) is 18.2 Å². The molecule has 0 spiro atoms. The molecule has 0 aliphatic carbocycles. The maximum Gasteiger partial charge on any atom is 0.154 e. The van der Waals surface area contributed by atoms with E-state index in [1.165, 1.54) is 11.1 Å². The van der Waals surface area contributed by atoms with Crippen molar-refractivity contribution in [3.8, 4) is 10.6 Å². The van der Waals surface area contributed by atoms with Gasteiger partial charge in [0.1, 0.15) is 21.2 Å². The molecule has 2 heterocycles. The maximum absolute atomic E-state index is 5.91. The molecule has 0 unspecified atom stereocenters. The summed E-state index contributed by atoms with van der Waals surface area (Å²) in [6, 6.07) is 6.35. The van der Waals surface area contributed by atoms with E-state index < -0.39 is 0 Å². The lowest BCUT2D eigenvalue weighted by molar-refractivity contribution is 1.10. The minimum atomic E-state index is 0.454. The van der Waals surface area contributed by atoms with Crippen LogP contribution in [-0.2, 0) is 0 Å². The van der Waals surface area contributed by atoms with Crippen LogP contribution >= 0.6 is 11.3 Å². The number of nitrogens with zero attached hydrogens (tertiary/aromatic N) is 3. The monoisotopic (exact) mass is 270 g/mol. The van der Waals surface area contributed by atoms with Crippen molar-refractivity contribution >= 4 is 27.5 Å². The molecular weight excluding hydrogens is 256 g/mol. The van der Waals surface area contributed by atoms with Crippen molar-refractivity contribution in [3.05, 3.63) is 35.2 Å². The van der Waals surface area contributed by atoms with Crippen LogP contribution in [0.1, 0.15) is 17.0 Å². The fourth-order valence-electron chi connectivity index (χ4n) is 2.04. The van der Waals surface area contributed by atoms with Crippen LogP contribution in [0.4, 0.5) is 5.82 Å². The summed E-state index contributed by atoms with van der Waals surface area (Å²) in [7, 11) is 0. The molecule has 3 aromatic rings. The molecule has 0 saturated carbocycles. The molecule has 0 saturated heterocycles. The Morgan fingerprint density at radius 1 is 1.05 bits per heavy atom. The molecule has 0 radical (unpaired) electrons. The lowest BCUT2D eigenvalue weighted by Crippen LogP contribution is -1.95. The fourth-order valence-corrected chi connectivity index (χ4v) is 3.11. The second-order valence-corrected chi connectivity index (χ2v) is 5.62. The molecule has 0 aliphatic heterocycles. The predicted octanol–water partition coefficient (Wildman–Crippen LogP) is 3.26. The number of hydrogen-bond acceptors (Lipinski definition) is 5. The van der Waals surface area contributed by atoms with Crippen molar-refractivity contribution in [2.45, 2.75) is 20.8 Å². The van der Waals surface area contributed by atoms with Gasteiger partial charge in [-0.1, -0.05) is 29.0 Å². The van der Waals surface area contributed by atoms with Gasteiger partial charge in [0.15, 0.2) is 5.82 Å². The van der Waals surface area contributed by atoms with Gasteiger partial charge in [-0.25, -0.2) is 15.0 Å². The van der Waals surface area contributed by atoms with Crippen LogP contribution < -0.4 is 5.73 Å². The topological polar surface area (TPSA) is 64.7 Å². The highest BCUT2D eigenvalue weighted by atomic mass is 32.1. The average Bonchev–Trinajstić information content (AvgIpc) is 2.76. The van der Waals surface area contributed by atoms with Crippen LogP contribution in [0.5, 0.6) is 0 Å². The number of thiazole rings is 1. The van der Waals surface area contributed by atoms with E-state index in [2.05, 4.69) is 47.0 Å². The molecule has 2 N–H and O–H groups in total. The van der Waals surface area contributed by atoms with Crippen molar-refractivity contribution in [2.24, 2.45) is 0 Å². The molecule has 96 valence electrons. The average molecular weight is 270 g/mol.